The highest BCUT2D eigenvalue weighted by Gasteiger charge is 2.21. The van der Waals surface area contributed by atoms with Crippen molar-refractivity contribution in [1.29, 1.82) is 5.26 Å². The highest BCUT2D eigenvalue weighted by molar-refractivity contribution is 7.19. The molecule has 3 N–H and O–H groups in total. The van der Waals surface area contributed by atoms with E-state index in [4.69, 9.17) is 11.0 Å². The highest BCUT2D eigenvalue weighted by atomic mass is 32.1. The molecule has 5 heteroatoms. The molecule has 16 heavy (non-hydrogen) atoms. The summed E-state index contributed by atoms with van der Waals surface area (Å²) in [4.78, 5) is 16.4. The van der Waals surface area contributed by atoms with Gasteiger partial charge in [-0.1, -0.05) is 0 Å². The van der Waals surface area contributed by atoms with Gasteiger partial charge in [-0.15, -0.1) is 11.3 Å². The van der Waals surface area contributed by atoms with Gasteiger partial charge in [0.1, 0.15) is 16.5 Å². The molecule has 0 atom stereocenters. The Hall–Kier alpha value is -1.80. The van der Waals surface area contributed by atoms with Crippen LogP contribution in [0.25, 0.3) is 10.2 Å². The monoisotopic (exact) mass is 231 g/mol. The van der Waals surface area contributed by atoms with E-state index in [0.717, 1.165) is 29.5 Å². The minimum Gasteiger partial charge on any atom is -0.397 e. The molecule has 3 rings (SSSR count). The van der Waals surface area contributed by atoms with E-state index in [2.05, 4.69) is 4.98 Å². The van der Waals surface area contributed by atoms with Crippen LogP contribution in [0.4, 0.5) is 5.69 Å². The fourth-order valence-corrected chi connectivity index (χ4v) is 3.60. The number of nitrogens with one attached hydrogen (secondary N) is 1. The molecule has 2 aromatic heterocycles. The lowest BCUT2D eigenvalue weighted by atomic mass is 10.1. The molecule has 0 fully saturated rings. The van der Waals surface area contributed by atoms with Crippen LogP contribution in [0, 0.1) is 11.3 Å². The predicted octanol–water partition coefficient (Wildman–Crippen LogP) is 1.53. The zero-order valence-corrected chi connectivity index (χ0v) is 9.28. The lowest BCUT2D eigenvalue weighted by molar-refractivity contribution is 0.917. The SMILES string of the molecule is N#Cc1c(N)c2c3c(sc2[nH]c1=O)CCC3. The van der Waals surface area contributed by atoms with Crippen LogP contribution in [0.5, 0.6) is 0 Å². The summed E-state index contributed by atoms with van der Waals surface area (Å²) in [5, 5.41) is 9.80. The lowest BCUT2D eigenvalue weighted by Gasteiger charge is -2.00. The lowest BCUT2D eigenvalue weighted by Crippen LogP contribution is -2.12. The Morgan fingerprint density at radius 3 is 3.00 bits per heavy atom. The van der Waals surface area contributed by atoms with Crippen molar-refractivity contribution in [3.05, 3.63) is 26.4 Å². The van der Waals surface area contributed by atoms with Gasteiger partial charge in [-0.2, -0.15) is 5.26 Å². The molecule has 1 aliphatic carbocycles. The first-order valence-corrected chi connectivity index (χ1v) is 5.90. The number of nitrogen functional groups attached to an aromatic ring is 1. The number of hydrogen-bond donors (Lipinski definition) is 2. The summed E-state index contributed by atoms with van der Waals surface area (Å²) in [5.41, 5.74) is 7.15. The molecule has 0 amide bonds. The molecule has 0 saturated heterocycles. The molecule has 1 aliphatic rings. The van der Waals surface area contributed by atoms with Gasteiger partial charge < -0.3 is 10.7 Å². The number of H-pyrrole nitrogens is 1. The normalized spacial score (nSPS) is 13.9. The minimum atomic E-state index is -0.382. The fourth-order valence-electron chi connectivity index (χ4n) is 2.30. The Balaban J connectivity index is 2.51. The first-order chi connectivity index (χ1) is 7.72. The van der Waals surface area contributed by atoms with Gasteiger partial charge in [0.2, 0.25) is 0 Å². The number of nitriles is 1. The van der Waals surface area contributed by atoms with E-state index >= 15 is 0 Å². The first kappa shape index (κ1) is 9.43. The smallest absolute Gasteiger partial charge is 0.269 e. The van der Waals surface area contributed by atoms with Crippen molar-refractivity contribution in [2.24, 2.45) is 0 Å². The average molecular weight is 231 g/mol. The molecule has 0 aliphatic heterocycles. The molecular weight excluding hydrogens is 222 g/mol. The highest BCUT2D eigenvalue weighted by Crippen LogP contribution is 2.39. The molecule has 0 radical (unpaired) electrons. The standard InChI is InChI=1S/C11H9N3OS/c12-4-6-9(13)8-5-2-1-3-7(5)16-11(8)14-10(6)15/h1-3H2,(H3,13,14,15). The van der Waals surface area contributed by atoms with Gasteiger partial charge in [-0.3, -0.25) is 4.79 Å². The quantitative estimate of drug-likeness (QED) is 0.721. The second kappa shape index (κ2) is 3.09. The van der Waals surface area contributed by atoms with Crippen LogP contribution in [0.2, 0.25) is 0 Å². The molecular formula is C11H9N3OS. The summed E-state index contributed by atoms with van der Waals surface area (Å²) in [6.07, 6.45) is 3.19. The topological polar surface area (TPSA) is 82.7 Å². The predicted molar refractivity (Wildman–Crippen MR) is 63.6 cm³/mol. The summed E-state index contributed by atoms with van der Waals surface area (Å²) < 4.78 is 0. The van der Waals surface area contributed by atoms with Crippen LogP contribution in [0.15, 0.2) is 4.79 Å². The number of fused-ring (bicyclic) bond motifs is 3. The van der Waals surface area contributed by atoms with E-state index in [1.807, 2.05) is 6.07 Å². The van der Waals surface area contributed by atoms with Gasteiger partial charge in [0.25, 0.3) is 5.56 Å². The number of nitrogens with two attached hydrogens (primary N) is 1. The minimum absolute atomic E-state index is 0.0417. The maximum atomic E-state index is 11.6. The maximum absolute atomic E-state index is 11.6. The molecule has 0 aromatic carbocycles. The van der Waals surface area contributed by atoms with Crippen LogP contribution in [-0.4, -0.2) is 4.98 Å². The van der Waals surface area contributed by atoms with Crippen molar-refractivity contribution in [1.82, 2.24) is 4.98 Å². The van der Waals surface area contributed by atoms with Crippen LogP contribution < -0.4 is 11.3 Å². The van der Waals surface area contributed by atoms with E-state index in [0.29, 0.717) is 5.69 Å². The second-order valence-electron chi connectivity index (χ2n) is 3.92. The number of aromatic amines is 1. The number of pyridine rings is 1. The summed E-state index contributed by atoms with van der Waals surface area (Å²) in [7, 11) is 0. The van der Waals surface area contributed by atoms with Crippen molar-refractivity contribution in [2.75, 3.05) is 5.73 Å². The van der Waals surface area contributed by atoms with E-state index < -0.39 is 0 Å². The zero-order chi connectivity index (χ0) is 11.3. The number of hydrogen-bond acceptors (Lipinski definition) is 4. The van der Waals surface area contributed by atoms with E-state index in [-0.39, 0.29) is 11.1 Å². The van der Waals surface area contributed by atoms with E-state index in [9.17, 15) is 4.79 Å². The number of rotatable bonds is 0. The molecule has 0 spiro atoms. The molecule has 2 aromatic rings. The molecule has 0 bridgehead atoms. The average Bonchev–Trinajstić information content (AvgIpc) is 2.76. The molecule has 0 unspecified atom stereocenters. The second-order valence-corrected chi connectivity index (χ2v) is 5.02. The zero-order valence-electron chi connectivity index (χ0n) is 8.46. The van der Waals surface area contributed by atoms with Gasteiger partial charge >= 0.3 is 0 Å². The Kier molecular flexibility index (Phi) is 1.82. The van der Waals surface area contributed by atoms with Crippen LogP contribution in [0.1, 0.15) is 22.4 Å². The Morgan fingerprint density at radius 1 is 1.44 bits per heavy atom. The number of thiophene rings is 1. The molecule has 0 saturated carbocycles. The van der Waals surface area contributed by atoms with Crippen molar-refractivity contribution >= 4 is 27.2 Å². The summed E-state index contributed by atoms with van der Waals surface area (Å²) in [6.45, 7) is 0. The molecule has 2 heterocycles. The van der Waals surface area contributed by atoms with Crippen LogP contribution in [0.3, 0.4) is 0 Å². The largest absolute Gasteiger partial charge is 0.397 e. The summed E-state index contributed by atoms with van der Waals surface area (Å²) in [5.74, 6) is 0. The van der Waals surface area contributed by atoms with E-state index in [1.54, 1.807) is 11.3 Å². The summed E-state index contributed by atoms with van der Waals surface area (Å²) >= 11 is 1.59. The number of anilines is 1. The number of aryl methyl sites for hydroxylation is 2. The Labute approximate surface area is 95.3 Å². The van der Waals surface area contributed by atoms with Crippen molar-refractivity contribution in [3.8, 4) is 6.07 Å². The van der Waals surface area contributed by atoms with Crippen molar-refractivity contribution in [3.63, 3.8) is 0 Å². The van der Waals surface area contributed by atoms with Gasteiger partial charge in [0.05, 0.1) is 5.69 Å². The molecule has 80 valence electrons. The Bertz CT molecular complexity index is 690. The van der Waals surface area contributed by atoms with Crippen LogP contribution in [-0.2, 0) is 12.8 Å². The van der Waals surface area contributed by atoms with Crippen molar-refractivity contribution in [2.45, 2.75) is 19.3 Å². The summed E-state index contributed by atoms with van der Waals surface area (Å²) in [6, 6.07) is 1.87. The van der Waals surface area contributed by atoms with Crippen molar-refractivity contribution < 1.29 is 0 Å². The van der Waals surface area contributed by atoms with Gasteiger partial charge in [-0.25, -0.2) is 0 Å². The number of nitrogens with zero attached hydrogens (tertiary/aromatic N) is 1. The third-order valence-electron chi connectivity index (χ3n) is 3.03. The van der Waals surface area contributed by atoms with Gasteiger partial charge in [-0.05, 0) is 24.8 Å². The molecule has 4 nitrogen and oxygen atoms in total. The first-order valence-electron chi connectivity index (χ1n) is 5.08. The Morgan fingerprint density at radius 2 is 2.25 bits per heavy atom. The fraction of sp³-hybridized carbons (Fsp3) is 0.273. The third kappa shape index (κ3) is 1.05. The van der Waals surface area contributed by atoms with Gasteiger partial charge in [0.15, 0.2) is 0 Å². The van der Waals surface area contributed by atoms with E-state index in [1.165, 1.54) is 10.4 Å². The van der Waals surface area contributed by atoms with Gasteiger partial charge in [0, 0.05) is 10.3 Å². The number of aromatic nitrogens is 1. The van der Waals surface area contributed by atoms with Crippen LogP contribution >= 0.6 is 11.3 Å². The third-order valence-corrected chi connectivity index (χ3v) is 4.23. The maximum Gasteiger partial charge on any atom is 0.269 e.